The van der Waals surface area contributed by atoms with Crippen LogP contribution in [0.3, 0.4) is 0 Å². The van der Waals surface area contributed by atoms with E-state index in [1.54, 1.807) is 19.1 Å². The number of benzene rings is 1. The first kappa shape index (κ1) is 18.3. The highest BCUT2D eigenvalue weighted by Crippen LogP contribution is 2.33. The third-order valence-electron chi connectivity index (χ3n) is 3.58. The molecular weight excluding hydrogens is 336 g/mol. The van der Waals surface area contributed by atoms with E-state index in [-0.39, 0.29) is 18.8 Å². The van der Waals surface area contributed by atoms with E-state index in [4.69, 9.17) is 13.9 Å². The predicted octanol–water partition coefficient (Wildman–Crippen LogP) is 2.16. The molecule has 1 aromatic heterocycles. The Kier molecular flexibility index (Phi) is 5.51. The summed E-state index contributed by atoms with van der Waals surface area (Å²) in [4.78, 5) is 11.8. The zero-order valence-corrected chi connectivity index (χ0v) is 14.9. The smallest absolute Gasteiger partial charge is 0.339 e. The molecule has 2 rings (SSSR count). The summed E-state index contributed by atoms with van der Waals surface area (Å²) < 4.78 is 42.6. The van der Waals surface area contributed by atoms with E-state index in [1.807, 2.05) is 6.92 Å². The first-order valence-corrected chi connectivity index (χ1v) is 9.14. The van der Waals surface area contributed by atoms with Crippen LogP contribution < -0.4 is 15.1 Å². The predicted molar refractivity (Wildman–Crippen MR) is 89.4 cm³/mol. The molecule has 24 heavy (non-hydrogen) atoms. The molecule has 0 radical (unpaired) electrons. The van der Waals surface area contributed by atoms with Gasteiger partial charge in [-0.1, -0.05) is 0 Å². The highest BCUT2D eigenvalue weighted by molar-refractivity contribution is 7.85. The van der Waals surface area contributed by atoms with Gasteiger partial charge in [-0.05, 0) is 25.5 Å². The van der Waals surface area contributed by atoms with Crippen LogP contribution in [0.25, 0.3) is 11.0 Å². The van der Waals surface area contributed by atoms with Gasteiger partial charge in [-0.3, -0.25) is 4.18 Å². The number of hydrogen-bond donors (Lipinski definition) is 0. The molecule has 8 heteroatoms. The molecule has 0 amide bonds. The fourth-order valence-corrected chi connectivity index (χ4v) is 2.59. The van der Waals surface area contributed by atoms with Crippen molar-refractivity contribution in [3.05, 3.63) is 33.7 Å². The van der Waals surface area contributed by atoms with Crippen molar-refractivity contribution in [1.29, 1.82) is 0 Å². The van der Waals surface area contributed by atoms with Gasteiger partial charge in [-0.15, -0.1) is 0 Å². The van der Waals surface area contributed by atoms with Gasteiger partial charge in [0, 0.05) is 23.4 Å². The Balaban J connectivity index is 2.21. The van der Waals surface area contributed by atoms with E-state index in [9.17, 15) is 13.2 Å². The maximum Gasteiger partial charge on any atom is 0.339 e. The summed E-state index contributed by atoms with van der Waals surface area (Å²) in [6.07, 6.45) is 1.40. The van der Waals surface area contributed by atoms with Gasteiger partial charge in [0.25, 0.3) is 10.1 Å². The van der Waals surface area contributed by atoms with Gasteiger partial charge in [0.1, 0.15) is 5.58 Å². The maximum atomic E-state index is 11.8. The first-order chi connectivity index (χ1) is 11.2. The highest BCUT2D eigenvalue weighted by atomic mass is 32.2. The summed E-state index contributed by atoms with van der Waals surface area (Å²) in [5, 5.41) is 0.760. The summed E-state index contributed by atoms with van der Waals surface area (Å²) in [5.41, 5.74) is 1.40. The molecule has 0 saturated heterocycles. The molecule has 132 valence electrons. The van der Waals surface area contributed by atoms with E-state index in [0.29, 0.717) is 29.1 Å². The van der Waals surface area contributed by atoms with Gasteiger partial charge < -0.3 is 13.9 Å². The van der Waals surface area contributed by atoms with Crippen LogP contribution >= 0.6 is 0 Å². The van der Waals surface area contributed by atoms with Crippen LogP contribution in [-0.2, 0) is 14.3 Å². The molecule has 2 aromatic rings. The summed E-state index contributed by atoms with van der Waals surface area (Å²) >= 11 is 0. The van der Waals surface area contributed by atoms with Gasteiger partial charge in [0.2, 0.25) is 0 Å². The van der Waals surface area contributed by atoms with Crippen LogP contribution in [0, 0.1) is 13.8 Å². The number of hydrogen-bond acceptors (Lipinski definition) is 7. The van der Waals surface area contributed by atoms with E-state index in [2.05, 4.69) is 4.18 Å². The SMILES string of the molecule is COc1cc2oc(=O)c(C)c(C)c2cc1OCCCOS(C)(=O)=O. The van der Waals surface area contributed by atoms with Gasteiger partial charge in [0.15, 0.2) is 11.5 Å². The third kappa shape index (κ3) is 4.27. The largest absolute Gasteiger partial charge is 0.493 e. The van der Waals surface area contributed by atoms with Crippen LogP contribution in [0.2, 0.25) is 0 Å². The van der Waals surface area contributed by atoms with Gasteiger partial charge in [-0.2, -0.15) is 8.42 Å². The fraction of sp³-hybridized carbons (Fsp3) is 0.438. The number of ether oxygens (including phenoxy) is 2. The second-order valence-electron chi connectivity index (χ2n) is 5.37. The van der Waals surface area contributed by atoms with Crippen LogP contribution in [-0.4, -0.2) is 35.0 Å². The van der Waals surface area contributed by atoms with Gasteiger partial charge >= 0.3 is 5.63 Å². The molecule has 1 aromatic carbocycles. The number of aryl methyl sites for hydroxylation is 1. The molecule has 0 atom stereocenters. The topological polar surface area (TPSA) is 92.0 Å². The molecule has 0 bridgehead atoms. The summed E-state index contributed by atoms with van der Waals surface area (Å²) in [5.74, 6) is 0.915. The van der Waals surface area contributed by atoms with Crippen molar-refractivity contribution in [3.63, 3.8) is 0 Å². The maximum absolute atomic E-state index is 11.8. The van der Waals surface area contributed by atoms with E-state index < -0.39 is 10.1 Å². The van der Waals surface area contributed by atoms with Crippen LogP contribution in [0.5, 0.6) is 11.5 Å². The van der Waals surface area contributed by atoms with Gasteiger partial charge in [-0.25, -0.2) is 4.79 Å². The van der Waals surface area contributed by atoms with Crippen LogP contribution in [0.1, 0.15) is 17.5 Å². The Morgan fingerprint density at radius 3 is 2.42 bits per heavy atom. The molecule has 0 aliphatic rings. The molecule has 0 saturated carbocycles. The minimum absolute atomic E-state index is 0.0434. The molecule has 0 spiro atoms. The molecule has 0 aliphatic carbocycles. The lowest BCUT2D eigenvalue weighted by Gasteiger charge is -2.13. The van der Waals surface area contributed by atoms with Crippen LogP contribution in [0.15, 0.2) is 21.3 Å². The van der Waals surface area contributed by atoms with Crippen molar-refractivity contribution in [2.24, 2.45) is 0 Å². The lowest BCUT2D eigenvalue weighted by atomic mass is 10.1. The van der Waals surface area contributed by atoms with Gasteiger partial charge in [0.05, 0.1) is 26.6 Å². The number of fused-ring (bicyclic) bond motifs is 1. The average molecular weight is 356 g/mol. The normalized spacial score (nSPS) is 11.7. The standard InChI is InChI=1S/C16H20O7S/c1-10-11(2)16(17)23-13-9-14(20-3)15(8-12(10)13)21-6-5-7-22-24(4,18)19/h8-9H,5-7H2,1-4H3. The highest BCUT2D eigenvalue weighted by Gasteiger charge is 2.13. The van der Waals surface area contributed by atoms with E-state index in [1.165, 1.54) is 7.11 Å². The lowest BCUT2D eigenvalue weighted by Crippen LogP contribution is -2.09. The summed E-state index contributed by atoms with van der Waals surface area (Å²) in [7, 11) is -1.96. The Bertz CT molecular complexity index is 897. The number of rotatable bonds is 7. The summed E-state index contributed by atoms with van der Waals surface area (Å²) in [6, 6.07) is 3.35. The molecular formula is C16H20O7S. The third-order valence-corrected chi connectivity index (χ3v) is 4.18. The van der Waals surface area contributed by atoms with E-state index in [0.717, 1.165) is 17.2 Å². The quantitative estimate of drug-likeness (QED) is 0.426. The van der Waals surface area contributed by atoms with E-state index >= 15 is 0 Å². The Morgan fingerprint density at radius 1 is 1.08 bits per heavy atom. The molecule has 0 aliphatic heterocycles. The minimum Gasteiger partial charge on any atom is -0.493 e. The fourth-order valence-electron chi connectivity index (χ4n) is 2.17. The average Bonchev–Trinajstić information content (AvgIpc) is 2.51. The van der Waals surface area contributed by atoms with Crippen molar-refractivity contribution in [2.75, 3.05) is 26.6 Å². The Morgan fingerprint density at radius 2 is 1.79 bits per heavy atom. The van der Waals surface area contributed by atoms with Crippen molar-refractivity contribution in [2.45, 2.75) is 20.3 Å². The zero-order chi connectivity index (χ0) is 17.9. The molecule has 0 fully saturated rings. The lowest BCUT2D eigenvalue weighted by molar-refractivity contribution is 0.244. The summed E-state index contributed by atoms with van der Waals surface area (Å²) in [6.45, 7) is 3.84. The minimum atomic E-state index is -3.45. The number of methoxy groups -OCH3 is 1. The van der Waals surface area contributed by atoms with Crippen molar-refractivity contribution in [3.8, 4) is 11.5 Å². The Hall–Kier alpha value is -2.06. The second kappa shape index (κ2) is 7.23. The molecule has 0 unspecified atom stereocenters. The monoisotopic (exact) mass is 356 g/mol. The van der Waals surface area contributed by atoms with Crippen molar-refractivity contribution >= 4 is 21.1 Å². The second-order valence-corrected chi connectivity index (χ2v) is 7.01. The zero-order valence-electron chi connectivity index (χ0n) is 14.0. The molecule has 1 heterocycles. The van der Waals surface area contributed by atoms with Crippen molar-refractivity contribution < 1.29 is 26.5 Å². The van der Waals surface area contributed by atoms with Crippen LogP contribution in [0.4, 0.5) is 0 Å². The molecule has 7 nitrogen and oxygen atoms in total. The Labute approximate surface area is 140 Å². The van der Waals surface area contributed by atoms with Crippen molar-refractivity contribution in [1.82, 2.24) is 0 Å². The first-order valence-electron chi connectivity index (χ1n) is 7.32. The molecule has 0 N–H and O–H groups in total.